The molecule has 1 amide bonds. The van der Waals surface area contributed by atoms with E-state index in [4.69, 9.17) is 5.26 Å². The Kier molecular flexibility index (Phi) is 3.90. The Morgan fingerprint density at radius 3 is 2.74 bits per heavy atom. The lowest BCUT2D eigenvalue weighted by molar-refractivity contribution is -0.133. The molecule has 3 nitrogen and oxygen atoms in total. The fourth-order valence-electron chi connectivity index (χ4n) is 2.62. The average Bonchev–Trinajstić information content (AvgIpc) is 3.15. The van der Waals surface area contributed by atoms with E-state index in [0.717, 1.165) is 6.42 Å². The molecule has 1 aromatic carbocycles. The van der Waals surface area contributed by atoms with Gasteiger partial charge >= 0.3 is 0 Å². The van der Waals surface area contributed by atoms with Crippen LogP contribution in [-0.4, -0.2) is 23.4 Å². The first-order valence-electron chi connectivity index (χ1n) is 6.79. The summed E-state index contributed by atoms with van der Waals surface area (Å²) < 4.78 is 0. The van der Waals surface area contributed by atoms with Gasteiger partial charge < -0.3 is 4.90 Å². The molecule has 1 saturated carbocycles. The second kappa shape index (κ2) is 5.44. The van der Waals surface area contributed by atoms with Crippen LogP contribution in [0.3, 0.4) is 0 Å². The minimum atomic E-state index is 0.0665. The Hall–Kier alpha value is -1.82. The van der Waals surface area contributed by atoms with Crippen molar-refractivity contribution in [1.82, 2.24) is 4.90 Å². The van der Waals surface area contributed by atoms with E-state index in [9.17, 15) is 4.79 Å². The van der Waals surface area contributed by atoms with Gasteiger partial charge in [0.15, 0.2) is 0 Å². The van der Waals surface area contributed by atoms with Gasteiger partial charge in [-0.2, -0.15) is 5.26 Å². The summed E-state index contributed by atoms with van der Waals surface area (Å²) in [6.45, 7) is 6.19. The largest absolute Gasteiger partial charge is 0.327 e. The topological polar surface area (TPSA) is 44.1 Å². The fourth-order valence-corrected chi connectivity index (χ4v) is 2.62. The zero-order valence-corrected chi connectivity index (χ0v) is 11.8. The number of hydrogen-bond acceptors (Lipinski definition) is 2. The molecule has 2 atom stereocenters. The van der Waals surface area contributed by atoms with Crippen molar-refractivity contribution in [2.75, 3.05) is 6.54 Å². The van der Waals surface area contributed by atoms with Gasteiger partial charge in [-0.1, -0.05) is 24.3 Å². The molecule has 0 aromatic heterocycles. The maximum Gasteiger partial charge on any atom is 0.227 e. The third-order valence-corrected chi connectivity index (χ3v) is 3.84. The van der Waals surface area contributed by atoms with Crippen molar-refractivity contribution in [2.45, 2.75) is 39.2 Å². The number of carbonyl (C=O) groups excluding carboxylic acids is 1. The maximum atomic E-state index is 12.4. The molecule has 0 radical (unpaired) electrons. The quantitative estimate of drug-likeness (QED) is 0.777. The Labute approximate surface area is 114 Å². The van der Waals surface area contributed by atoms with Crippen LogP contribution in [0.2, 0.25) is 0 Å². The molecule has 19 heavy (non-hydrogen) atoms. The zero-order valence-electron chi connectivity index (χ0n) is 11.8. The number of nitriles is 1. The molecule has 0 saturated heterocycles. The first-order valence-corrected chi connectivity index (χ1v) is 6.79. The molecule has 0 spiro atoms. The predicted octanol–water partition coefficient (Wildman–Crippen LogP) is 2.86. The van der Waals surface area contributed by atoms with Gasteiger partial charge in [0.2, 0.25) is 5.91 Å². The minimum Gasteiger partial charge on any atom is -0.327 e. The van der Waals surface area contributed by atoms with Crippen molar-refractivity contribution in [3.05, 3.63) is 35.4 Å². The van der Waals surface area contributed by atoms with Gasteiger partial charge in [-0.3, -0.25) is 4.79 Å². The van der Waals surface area contributed by atoms with Crippen LogP contribution in [0, 0.1) is 24.2 Å². The molecule has 100 valence electrons. The van der Waals surface area contributed by atoms with E-state index < -0.39 is 0 Å². The maximum absolute atomic E-state index is 12.4. The lowest BCUT2D eigenvalue weighted by atomic mass is 10.0. The van der Waals surface area contributed by atoms with Crippen LogP contribution in [0.4, 0.5) is 0 Å². The fraction of sp³-hybridized carbons (Fsp3) is 0.500. The summed E-state index contributed by atoms with van der Waals surface area (Å²) in [6.07, 6.45) is 0.915. The molecule has 0 bridgehead atoms. The van der Waals surface area contributed by atoms with E-state index in [1.54, 1.807) is 4.90 Å². The van der Waals surface area contributed by atoms with E-state index >= 15 is 0 Å². The molecule has 0 aliphatic heterocycles. The summed E-state index contributed by atoms with van der Waals surface area (Å²) in [5.74, 6) is 0.537. The molecule has 1 aliphatic carbocycles. The molecule has 0 unspecified atom stereocenters. The second-order valence-corrected chi connectivity index (χ2v) is 5.52. The summed E-state index contributed by atoms with van der Waals surface area (Å²) in [6, 6.07) is 10.4. The second-order valence-electron chi connectivity index (χ2n) is 5.52. The Morgan fingerprint density at radius 1 is 1.47 bits per heavy atom. The monoisotopic (exact) mass is 256 g/mol. The van der Waals surface area contributed by atoms with Crippen molar-refractivity contribution >= 4 is 5.91 Å². The highest BCUT2D eigenvalue weighted by Crippen LogP contribution is 2.49. The van der Waals surface area contributed by atoms with Crippen LogP contribution in [-0.2, 0) is 4.79 Å². The number of amides is 1. The lowest BCUT2D eigenvalue weighted by Gasteiger charge is -2.24. The van der Waals surface area contributed by atoms with Crippen LogP contribution in [0.15, 0.2) is 24.3 Å². The average molecular weight is 256 g/mol. The summed E-state index contributed by atoms with van der Waals surface area (Å²) in [4.78, 5) is 14.1. The van der Waals surface area contributed by atoms with Crippen LogP contribution in [0.1, 0.15) is 37.3 Å². The Morgan fingerprint density at radius 2 is 2.16 bits per heavy atom. The molecule has 1 aromatic rings. The smallest absolute Gasteiger partial charge is 0.227 e. The molecule has 1 fully saturated rings. The van der Waals surface area contributed by atoms with Gasteiger partial charge in [0.05, 0.1) is 6.07 Å². The SMILES string of the molecule is Cc1ccccc1[C@@H]1C[C@H]1C(=O)N(CC#N)C(C)C. The van der Waals surface area contributed by atoms with Gasteiger partial charge in [-0.05, 0) is 44.2 Å². The van der Waals surface area contributed by atoms with Gasteiger partial charge in [-0.25, -0.2) is 0 Å². The highest BCUT2D eigenvalue weighted by molar-refractivity contribution is 5.83. The highest BCUT2D eigenvalue weighted by Gasteiger charge is 2.46. The lowest BCUT2D eigenvalue weighted by Crippen LogP contribution is -2.38. The van der Waals surface area contributed by atoms with Gasteiger partial charge in [0.1, 0.15) is 6.54 Å². The summed E-state index contributed by atoms with van der Waals surface area (Å²) >= 11 is 0. The van der Waals surface area contributed by atoms with Crippen molar-refractivity contribution in [1.29, 1.82) is 5.26 Å². The van der Waals surface area contributed by atoms with E-state index in [1.807, 2.05) is 26.0 Å². The summed E-state index contributed by atoms with van der Waals surface area (Å²) in [5, 5.41) is 8.82. The zero-order chi connectivity index (χ0) is 14.0. The Bertz CT molecular complexity index is 516. The number of aryl methyl sites for hydroxylation is 1. The standard InChI is InChI=1S/C16H20N2O/c1-11(2)18(9-8-17)16(19)15-10-14(15)13-7-5-4-6-12(13)3/h4-7,11,14-15H,9-10H2,1-3H3/t14-,15+/m0/s1. The number of carbonyl (C=O) groups is 1. The third-order valence-electron chi connectivity index (χ3n) is 3.84. The minimum absolute atomic E-state index is 0.0665. The number of hydrogen-bond donors (Lipinski definition) is 0. The van der Waals surface area contributed by atoms with E-state index in [2.05, 4.69) is 25.1 Å². The molecule has 0 heterocycles. The molecule has 1 aliphatic rings. The Balaban J connectivity index is 2.08. The summed E-state index contributed by atoms with van der Waals surface area (Å²) in [5.41, 5.74) is 2.53. The number of benzene rings is 1. The van der Waals surface area contributed by atoms with E-state index in [0.29, 0.717) is 5.92 Å². The predicted molar refractivity (Wildman–Crippen MR) is 74.5 cm³/mol. The van der Waals surface area contributed by atoms with E-state index in [1.165, 1.54) is 11.1 Å². The normalized spacial score (nSPS) is 21.0. The molecular weight excluding hydrogens is 236 g/mol. The molecule has 2 rings (SSSR count). The number of nitrogens with zero attached hydrogens (tertiary/aromatic N) is 2. The van der Waals surface area contributed by atoms with Crippen molar-refractivity contribution < 1.29 is 4.79 Å². The van der Waals surface area contributed by atoms with Crippen molar-refractivity contribution in [2.24, 2.45) is 5.92 Å². The van der Waals surface area contributed by atoms with Crippen LogP contribution in [0.5, 0.6) is 0 Å². The van der Waals surface area contributed by atoms with Crippen LogP contribution in [0.25, 0.3) is 0 Å². The first-order chi connectivity index (χ1) is 9.06. The van der Waals surface area contributed by atoms with Crippen LogP contribution >= 0.6 is 0 Å². The molecular formula is C16H20N2O. The number of rotatable bonds is 4. The van der Waals surface area contributed by atoms with Crippen molar-refractivity contribution in [3.63, 3.8) is 0 Å². The first kappa shape index (κ1) is 13.6. The van der Waals surface area contributed by atoms with E-state index in [-0.39, 0.29) is 24.4 Å². The third kappa shape index (κ3) is 2.78. The van der Waals surface area contributed by atoms with Gasteiger partial charge in [0, 0.05) is 12.0 Å². The van der Waals surface area contributed by atoms with Crippen molar-refractivity contribution in [3.8, 4) is 6.07 Å². The molecule has 3 heteroatoms. The van der Waals surface area contributed by atoms with Gasteiger partial charge in [-0.15, -0.1) is 0 Å². The highest BCUT2D eigenvalue weighted by atomic mass is 16.2. The molecule has 0 N–H and O–H groups in total. The summed E-state index contributed by atoms with van der Waals surface area (Å²) in [7, 11) is 0. The van der Waals surface area contributed by atoms with Crippen LogP contribution < -0.4 is 0 Å². The van der Waals surface area contributed by atoms with Gasteiger partial charge in [0.25, 0.3) is 0 Å².